The zero-order chi connectivity index (χ0) is 16.7. The van der Waals surface area contributed by atoms with Crippen LogP contribution in [0, 0.1) is 18.3 Å². The first-order valence-electron chi connectivity index (χ1n) is 7.43. The lowest BCUT2D eigenvalue weighted by Crippen LogP contribution is -2.13. The van der Waals surface area contributed by atoms with E-state index in [1.165, 1.54) is 0 Å². The minimum atomic E-state index is -0.493. The van der Waals surface area contributed by atoms with Crippen LogP contribution in [0.25, 0.3) is 0 Å². The molecule has 1 atom stereocenters. The molecule has 6 heteroatoms. The van der Waals surface area contributed by atoms with Gasteiger partial charge in [0, 0.05) is 18.4 Å². The number of ether oxygens (including phenoxy) is 2. The van der Waals surface area contributed by atoms with E-state index in [1.54, 1.807) is 13.3 Å². The minimum absolute atomic E-state index is 0.493. The Morgan fingerprint density at radius 2 is 2.13 bits per heavy atom. The predicted octanol–water partition coefficient (Wildman–Crippen LogP) is 3.09. The summed E-state index contributed by atoms with van der Waals surface area (Å²) in [4.78, 5) is 8.46. The molecule has 0 amide bonds. The molecule has 0 saturated carbocycles. The summed E-state index contributed by atoms with van der Waals surface area (Å²) in [7, 11) is 1.58. The molecular formula is C17H20N4O2. The van der Waals surface area contributed by atoms with Crippen LogP contribution in [0.2, 0.25) is 0 Å². The molecule has 1 heterocycles. The summed E-state index contributed by atoms with van der Waals surface area (Å²) in [6, 6.07) is 9.59. The Bertz CT molecular complexity index is 697. The Kier molecular flexibility index (Phi) is 5.75. The molecule has 0 spiro atoms. The summed E-state index contributed by atoms with van der Waals surface area (Å²) >= 11 is 0. The van der Waals surface area contributed by atoms with Gasteiger partial charge in [0.25, 0.3) is 0 Å². The maximum atomic E-state index is 9.05. The van der Waals surface area contributed by atoms with Crippen LogP contribution < -0.4 is 14.8 Å². The molecule has 2 aromatic rings. The Morgan fingerprint density at radius 3 is 2.78 bits per heavy atom. The van der Waals surface area contributed by atoms with Crippen LogP contribution in [0.1, 0.15) is 24.6 Å². The van der Waals surface area contributed by atoms with Gasteiger partial charge in [-0.3, -0.25) is 0 Å². The third-order valence-electron chi connectivity index (χ3n) is 3.26. The first-order chi connectivity index (χ1) is 11.2. The van der Waals surface area contributed by atoms with E-state index < -0.39 is 6.10 Å². The summed E-state index contributed by atoms with van der Waals surface area (Å²) < 4.78 is 11.0. The lowest BCUT2D eigenvalue weighted by atomic mass is 10.2. The number of aryl methyl sites for hydroxylation is 1. The highest BCUT2D eigenvalue weighted by atomic mass is 16.5. The van der Waals surface area contributed by atoms with Crippen LogP contribution in [0.4, 0.5) is 5.95 Å². The summed E-state index contributed by atoms with van der Waals surface area (Å²) in [5.41, 5.74) is 1.89. The SMILES string of the molecule is CCC(C#N)Oc1cc(CNc2nccc(C)n2)ccc1OC. The molecule has 1 aromatic heterocycles. The van der Waals surface area contributed by atoms with Crippen molar-refractivity contribution in [2.24, 2.45) is 0 Å². The van der Waals surface area contributed by atoms with Crippen molar-refractivity contribution in [2.75, 3.05) is 12.4 Å². The molecule has 0 aliphatic heterocycles. The van der Waals surface area contributed by atoms with Crippen molar-refractivity contribution in [2.45, 2.75) is 32.9 Å². The van der Waals surface area contributed by atoms with Crippen molar-refractivity contribution in [1.82, 2.24) is 9.97 Å². The van der Waals surface area contributed by atoms with Gasteiger partial charge in [0.05, 0.1) is 7.11 Å². The van der Waals surface area contributed by atoms with Gasteiger partial charge in [-0.1, -0.05) is 13.0 Å². The van der Waals surface area contributed by atoms with Crippen molar-refractivity contribution >= 4 is 5.95 Å². The highest BCUT2D eigenvalue weighted by Crippen LogP contribution is 2.29. The van der Waals surface area contributed by atoms with Gasteiger partial charge in [-0.2, -0.15) is 5.26 Å². The van der Waals surface area contributed by atoms with E-state index in [4.69, 9.17) is 14.7 Å². The van der Waals surface area contributed by atoms with Crippen molar-refractivity contribution in [3.63, 3.8) is 0 Å². The number of nitriles is 1. The van der Waals surface area contributed by atoms with E-state index in [1.807, 2.05) is 38.1 Å². The Morgan fingerprint density at radius 1 is 1.30 bits per heavy atom. The van der Waals surface area contributed by atoms with Gasteiger partial charge < -0.3 is 14.8 Å². The van der Waals surface area contributed by atoms with Crippen LogP contribution in [0.15, 0.2) is 30.5 Å². The van der Waals surface area contributed by atoms with Crippen LogP contribution in [0.5, 0.6) is 11.5 Å². The molecule has 23 heavy (non-hydrogen) atoms. The summed E-state index contributed by atoms with van der Waals surface area (Å²) in [5, 5.41) is 12.2. The number of anilines is 1. The van der Waals surface area contributed by atoms with Crippen LogP contribution >= 0.6 is 0 Å². The topological polar surface area (TPSA) is 80.1 Å². The van der Waals surface area contributed by atoms with Crippen molar-refractivity contribution in [1.29, 1.82) is 5.26 Å². The number of hydrogen-bond acceptors (Lipinski definition) is 6. The van der Waals surface area contributed by atoms with Gasteiger partial charge in [0.15, 0.2) is 17.6 Å². The predicted molar refractivity (Wildman–Crippen MR) is 87.4 cm³/mol. The summed E-state index contributed by atoms with van der Waals surface area (Å²) in [5.74, 6) is 1.74. The van der Waals surface area contributed by atoms with Crippen LogP contribution in [0.3, 0.4) is 0 Å². The minimum Gasteiger partial charge on any atom is -0.493 e. The number of benzene rings is 1. The monoisotopic (exact) mass is 312 g/mol. The van der Waals surface area contributed by atoms with Gasteiger partial charge in [0.2, 0.25) is 5.95 Å². The van der Waals surface area contributed by atoms with E-state index in [0.29, 0.717) is 30.4 Å². The maximum Gasteiger partial charge on any atom is 0.223 e. The molecule has 1 N–H and O–H groups in total. The molecular weight excluding hydrogens is 292 g/mol. The quantitative estimate of drug-likeness (QED) is 0.846. The normalized spacial score (nSPS) is 11.4. The second-order valence-electron chi connectivity index (χ2n) is 5.00. The molecule has 2 rings (SSSR count). The second-order valence-corrected chi connectivity index (χ2v) is 5.00. The fourth-order valence-electron chi connectivity index (χ4n) is 1.99. The highest BCUT2D eigenvalue weighted by Gasteiger charge is 2.12. The Balaban J connectivity index is 2.12. The first-order valence-corrected chi connectivity index (χ1v) is 7.43. The Labute approximate surface area is 136 Å². The lowest BCUT2D eigenvalue weighted by Gasteiger charge is -2.15. The van der Waals surface area contributed by atoms with E-state index in [-0.39, 0.29) is 0 Å². The van der Waals surface area contributed by atoms with Gasteiger partial charge in [0.1, 0.15) is 6.07 Å². The lowest BCUT2D eigenvalue weighted by molar-refractivity contribution is 0.238. The number of nitrogens with zero attached hydrogens (tertiary/aromatic N) is 3. The highest BCUT2D eigenvalue weighted by molar-refractivity contribution is 5.44. The van der Waals surface area contributed by atoms with E-state index in [2.05, 4.69) is 21.4 Å². The molecule has 0 fully saturated rings. The van der Waals surface area contributed by atoms with E-state index in [9.17, 15) is 0 Å². The fourth-order valence-corrected chi connectivity index (χ4v) is 1.99. The van der Waals surface area contributed by atoms with Crippen LogP contribution in [-0.4, -0.2) is 23.2 Å². The summed E-state index contributed by atoms with van der Waals surface area (Å²) in [6.45, 7) is 4.37. The number of aromatic nitrogens is 2. The molecule has 6 nitrogen and oxygen atoms in total. The molecule has 1 unspecified atom stereocenters. The van der Waals surface area contributed by atoms with Crippen LogP contribution in [-0.2, 0) is 6.54 Å². The largest absolute Gasteiger partial charge is 0.493 e. The molecule has 0 aliphatic carbocycles. The van der Waals surface area contributed by atoms with Gasteiger partial charge in [-0.25, -0.2) is 9.97 Å². The maximum absolute atomic E-state index is 9.05. The smallest absolute Gasteiger partial charge is 0.223 e. The third-order valence-corrected chi connectivity index (χ3v) is 3.26. The number of nitrogens with one attached hydrogen (secondary N) is 1. The van der Waals surface area contributed by atoms with Crippen molar-refractivity contribution in [3.05, 3.63) is 41.7 Å². The average molecular weight is 312 g/mol. The molecule has 0 radical (unpaired) electrons. The van der Waals surface area contributed by atoms with Crippen molar-refractivity contribution in [3.8, 4) is 17.6 Å². The zero-order valence-electron chi connectivity index (χ0n) is 13.5. The Hall–Kier alpha value is -2.81. The third kappa shape index (κ3) is 4.58. The molecule has 1 aromatic carbocycles. The average Bonchev–Trinajstić information content (AvgIpc) is 2.58. The van der Waals surface area contributed by atoms with Gasteiger partial charge >= 0.3 is 0 Å². The molecule has 0 bridgehead atoms. The van der Waals surface area contributed by atoms with Gasteiger partial charge in [-0.05, 0) is 37.1 Å². The number of rotatable bonds is 7. The van der Waals surface area contributed by atoms with Crippen molar-refractivity contribution < 1.29 is 9.47 Å². The fraction of sp³-hybridized carbons (Fsp3) is 0.353. The first kappa shape index (κ1) is 16.6. The molecule has 0 aliphatic rings. The van der Waals surface area contributed by atoms with E-state index >= 15 is 0 Å². The van der Waals surface area contributed by atoms with E-state index in [0.717, 1.165) is 11.3 Å². The summed E-state index contributed by atoms with van der Waals surface area (Å²) in [6.07, 6.45) is 1.83. The van der Waals surface area contributed by atoms with Gasteiger partial charge in [-0.15, -0.1) is 0 Å². The zero-order valence-corrected chi connectivity index (χ0v) is 13.5. The number of methoxy groups -OCH3 is 1. The molecule has 0 saturated heterocycles. The number of hydrogen-bond donors (Lipinski definition) is 1. The second kappa shape index (κ2) is 7.99. The standard InChI is InChI=1S/C17H20N4O2/c1-4-14(10-18)23-16-9-13(5-6-15(16)22-3)11-20-17-19-8-7-12(2)21-17/h5-9,14H,4,11H2,1-3H3,(H,19,20,21). The molecule has 120 valence electrons.